The van der Waals surface area contributed by atoms with E-state index in [0.29, 0.717) is 159 Å². The highest BCUT2D eigenvalue weighted by Crippen LogP contribution is 2.37. The summed E-state index contributed by atoms with van der Waals surface area (Å²) in [4.78, 5) is 172. The molecule has 46 heteroatoms. The Hall–Kier alpha value is -5.90. The van der Waals surface area contributed by atoms with Crippen LogP contribution in [-0.4, -0.2) is 355 Å². The number of unbranched alkanes of at least 4 members (excludes halogenated alkanes) is 17. The van der Waals surface area contributed by atoms with E-state index < -0.39 is 79.7 Å². The molecule has 6 amide bonds. The second-order valence-electron chi connectivity index (χ2n) is 36.6. The maximum absolute atomic E-state index is 12.4. The first kappa shape index (κ1) is 129. The summed E-state index contributed by atoms with van der Waals surface area (Å²) in [5.41, 5.74) is 6.04. The van der Waals surface area contributed by atoms with Gasteiger partial charge in [-0.2, -0.15) is 58.0 Å². The quantitative estimate of drug-likeness (QED) is 0.0115. The number of esters is 6. The fourth-order valence-electron chi connectivity index (χ4n) is 16.9. The van der Waals surface area contributed by atoms with E-state index in [0.717, 1.165) is 242 Å². The highest BCUT2D eigenvalue weighted by molar-refractivity contribution is 9.09. The molecule has 0 aromatic heterocycles. The predicted octanol–water partition coefficient (Wildman–Crippen LogP) is 5.65. The van der Waals surface area contributed by atoms with Gasteiger partial charge in [-0.05, 0) is 149 Å². The van der Waals surface area contributed by atoms with Crippen molar-refractivity contribution in [1.82, 2.24) is 78.8 Å². The summed E-state index contributed by atoms with van der Waals surface area (Å²) in [5, 5.41) is 78.7. The maximum Gasteiger partial charge on any atom is 0.368 e. The number of fused-ring (bicyclic) bond motifs is 4. The summed E-state index contributed by atoms with van der Waals surface area (Å²) in [5.74, 6) is 0.458. The van der Waals surface area contributed by atoms with Crippen molar-refractivity contribution >= 4 is 146 Å². The van der Waals surface area contributed by atoms with Gasteiger partial charge in [-0.1, -0.05) is 86.6 Å². The van der Waals surface area contributed by atoms with E-state index in [4.69, 9.17) is 19.9 Å². The number of ether oxygens (including phenoxy) is 6. The molecule has 141 heavy (non-hydrogen) atoms. The number of nitrogens with one attached hydrogen (secondary N) is 12. The summed E-state index contributed by atoms with van der Waals surface area (Å²) in [7, 11) is 13.8. The maximum atomic E-state index is 12.4. The number of carbonyl (C=O) groups is 14. The van der Waals surface area contributed by atoms with Crippen LogP contribution in [0, 0.1) is 0 Å². The van der Waals surface area contributed by atoms with Crippen LogP contribution in [0.25, 0.3) is 0 Å². The molecule has 8 heterocycles. The summed E-state index contributed by atoms with van der Waals surface area (Å²) >= 11 is 11.1. The molecule has 0 saturated carbocycles. The van der Waals surface area contributed by atoms with Crippen LogP contribution < -0.4 is 64.1 Å². The van der Waals surface area contributed by atoms with Crippen LogP contribution in [0.1, 0.15) is 284 Å². The van der Waals surface area contributed by atoms with Crippen molar-refractivity contribution in [3.63, 3.8) is 0 Å². The van der Waals surface area contributed by atoms with Gasteiger partial charge in [0.15, 0.2) is 25.1 Å². The number of hydrogen-bond donors (Lipinski definition) is 17. The highest BCUT2D eigenvalue weighted by Gasteiger charge is 2.46. The third-order valence-corrected chi connectivity index (χ3v) is 31.8. The molecule has 0 bridgehead atoms. The second kappa shape index (κ2) is 78.4. The lowest BCUT2D eigenvalue weighted by molar-refractivity contribution is -0.168. The van der Waals surface area contributed by atoms with Crippen molar-refractivity contribution in [2.24, 2.45) is 0 Å². The van der Waals surface area contributed by atoms with E-state index >= 15 is 0 Å². The molecule has 8 fully saturated rings. The molecule has 0 radical (unpaired) electrons. The number of aliphatic carboxylic acids is 1. The molecule has 8 aliphatic rings. The molecule has 18 unspecified atom stereocenters. The Bertz CT molecular complexity index is 3600. The van der Waals surface area contributed by atoms with Crippen molar-refractivity contribution in [3.8, 4) is 0 Å². The Morgan fingerprint density at radius 1 is 0.397 bits per heavy atom. The van der Waals surface area contributed by atoms with Gasteiger partial charge in [0.2, 0.25) is 35.4 Å². The minimum atomic E-state index is -1.44. The van der Waals surface area contributed by atoms with E-state index in [9.17, 15) is 82.4 Å². The fraction of sp³-hybridized carbons (Fsp3) is 0.853. The SMILES string of the molecule is CNCCCCCC(=O)O.COC(=O)C(C)NC(=O)CCCCCCC(=O)CCCCC1SCC2NC(O)NC21.COC(=O)C(CO)NC(=O)CCCCCN(C)C(=O)CCCCC1SCC2NC(O)NC21.COC(=O)C(NC(=O)CCCCCN(C)C(=O)CCCCC1SCC2NC(O)NC21)OC(C)=O.COC(=O)CCCCCBr.COC(=O)CCCCCN(C)C(=O)CCCCC1SCC2NONC21. The zero-order valence-corrected chi connectivity index (χ0v) is 90.2. The summed E-state index contributed by atoms with van der Waals surface area (Å²) in [6.07, 6.45) is 30.3. The number of hydroxylamine groups is 2. The Labute approximate surface area is 860 Å². The molecular weight excluding hydrogens is 1980 g/mol. The molecule has 0 aromatic carbocycles. The monoisotopic (exact) mass is 2150 g/mol. The van der Waals surface area contributed by atoms with Crippen molar-refractivity contribution < 1.29 is 126 Å². The average Bonchev–Trinajstić information content (AvgIpc) is 1.65. The van der Waals surface area contributed by atoms with Crippen LogP contribution >= 0.6 is 63.0 Å². The summed E-state index contributed by atoms with van der Waals surface area (Å²) < 4.78 is 27.4. The molecule has 8 saturated heterocycles. The molecule has 8 rings (SSSR count). The molecule has 814 valence electrons. The van der Waals surface area contributed by atoms with Crippen molar-refractivity contribution in [1.29, 1.82) is 0 Å². The zero-order chi connectivity index (χ0) is 104. The van der Waals surface area contributed by atoms with Crippen LogP contribution in [0.15, 0.2) is 0 Å². The van der Waals surface area contributed by atoms with Crippen LogP contribution in [0.5, 0.6) is 0 Å². The van der Waals surface area contributed by atoms with Crippen LogP contribution in [0.4, 0.5) is 0 Å². The van der Waals surface area contributed by atoms with Crippen LogP contribution in [0.2, 0.25) is 0 Å². The Balaban J connectivity index is 0.000000454. The van der Waals surface area contributed by atoms with E-state index in [1.54, 1.807) is 23.8 Å². The van der Waals surface area contributed by atoms with Gasteiger partial charge in [0.05, 0.1) is 54.2 Å². The number of alkyl halides is 1. The topological polar surface area (TPSA) is 559 Å². The fourth-order valence-corrected chi connectivity index (χ4v) is 23.6. The van der Waals surface area contributed by atoms with Gasteiger partial charge in [-0.3, -0.25) is 84.6 Å². The van der Waals surface area contributed by atoms with Crippen LogP contribution in [-0.2, 0) is 100 Å². The zero-order valence-electron chi connectivity index (χ0n) is 85.3. The van der Waals surface area contributed by atoms with Gasteiger partial charge < -0.3 is 89.9 Å². The number of carboxylic acids is 1. The number of aliphatic hydroxyl groups is 4. The number of nitrogens with zero attached hydrogens (tertiary/aromatic N) is 3. The lowest BCUT2D eigenvalue weighted by Crippen LogP contribution is -2.44. The van der Waals surface area contributed by atoms with Gasteiger partial charge in [0.1, 0.15) is 11.8 Å². The standard InChI is InChI=1S/C22H38N4O7S.C21H38N4O6S.C21H37N3O5S.C17H31N3O4S.C7H13BrO2.C7H15NO2/c1-14(27)33-20(21(30)32-3)24-17(28)10-5-4-8-12-26(2)18(29)11-7-6-9-16-19-15(13-34-16)23-22(31)25-19;1-25(11-7-3-4-9-17(27)22-14(12-26)20(29)31-2)18(28)10-6-5-8-16-19-15(13-32-16)23-21(30)24-19;1-14(20(27)29-2)22-18(26)12-6-4-3-5-9-15(25)10-7-8-11-17-19-16(13-30-17)23-21(28)24-19;1-20(11-7-3-4-10-16(22)23-2)15(21)9-6-5-8-14-17-13(12-25-14)18-24-19-17;1-10-7(9)5-3-2-4-6-8;1-8-6-4-2-3-5-7(9)10/h15-16,19-20,22-23,25,31H,4-13H2,1-3H3,(H,24,28);14-16,19,21,23-24,26,30H,3-13H2,1-2H3,(H,22,27);14,16-17,19,21,23-24,28H,3-13H2,1-2H3,(H,22,26);13-14,17-19H,3-12H2,1-2H3;2-6H2,1H3;8H,2-6H2,1H3,(H,9,10). The predicted molar refractivity (Wildman–Crippen MR) is 547 cm³/mol. The number of halogens is 1. The number of carbonyl (C=O) groups excluding carboxylic acids is 13. The number of hydrogen-bond acceptors (Lipinski definition) is 38. The number of Topliss-reactive ketones (excluding diaryl/α,β-unsaturated/α-hetero) is 1. The van der Waals surface area contributed by atoms with E-state index in [1.807, 2.05) is 73.1 Å². The summed E-state index contributed by atoms with van der Waals surface area (Å²) in [6.45, 7) is 5.26. The number of amides is 6. The van der Waals surface area contributed by atoms with Gasteiger partial charge in [0, 0.05) is 204 Å². The Kier molecular flexibility index (Phi) is 71.8. The Morgan fingerprint density at radius 3 is 1.13 bits per heavy atom. The lowest BCUT2D eigenvalue weighted by Gasteiger charge is -2.19. The third-order valence-electron chi connectivity index (χ3n) is 25.2. The van der Waals surface area contributed by atoms with Crippen molar-refractivity contribution in [2.45, 2.75) is 390 Å². The largest absolute Gasteiger partial charge is 0.481 e. The summed E-state index contributed by atoms with van der Waals surface area (Å²) in [6, 6.07) is 1.14. The van der Waals surface area contributed by atoms with Crippen molar-refractivity contribution in [2.75, 3.05) is 125 Å². The molecular formula is C95H172BrN15O26S4. The highest BCUT2D eigenvalue weighted by atomic mass is 79.9. The number of ketones is 1. The number of methoxy groups -OCH3 is 5. The van der Waals surface area contributed by atoms with Gasteiger partial charge in [-0.15, -0.1) is 0 Å². The van der Waals surface area contributed by atoms with E-state index in [-0.39, 0.29) is 54.3 Å². The number of rotatable bonds is 64. The number of aliphatic hydroxyl groups excluding tert-OH is 4. The van der Waals surface area contributed by atoms with E-state index in [2.05, 4.69) is 104 Å². The van der Waals surface area contributed by atoms with Gasteiger partial charge in [-0.25, -0.2) is 19.3 Å². The third kappa shape index (κ3) is 57.3. The number of thioether (sulfide) groups is 4. The Morgan fingerprint density at radius 2 is 0.745 bits per heavy atom. The minimum Gasteiger partial charge on any atom is -0.481 e. The molecule has 41 nitrogen and oxygen atoms in total. The molecule has 18 atom stereocenters. The molecule has 17 N–H and O–H groups in total. The lowest BCUT2D eigenvalue weighted by atomic mass is 10.0. The van der Waals surface area contributed by atoms with Gasteiger partial charge >= 0.3 is 41.8 Å². The average molecular weight is 2150 g/mol. The van der Waals surface area contributed by atoms with Gasteiger partial charge in [0.25, 0.3) is 6.23 Å². The molecule has 0 aromatic rings. The molecule has 0 aliphatic carbocycles. The van der Waals surface area contributed by atoms with Crippen molar-refractivity contribution in [3.05, 3.63) is 0 Å². The smallest absolute Gasteiger partial charge is 0.368 e. The first-order chi connectivity index (χ1) is 67.6. The second-order valence-corrected chi connectivity index (χ2v) is 42.4. The first-order valence-electron chi connectivity index (χ1n) is 50.6. The normalized spacial score (nSPS) is 22.9. The van der Waals surface area contributed by atoms with E-state index in [1.165, 1.54) is 28.4 Å². The molecule has 0 spiro atoms. The number of carboxylic acid groups (broad SMARTS) is 1. The van der Waals surface area contributed by atoms with Crippen LogP contribution in [0.3, 0.4) is 0 Å². The molecule has 8 aliphatic heterocycles. The minimum absolute atomic E-state index is 0.102. The first-order valence-corrected chi connectivity index (χ1v) is 55.9.